The maximum Gasteiger partial charge on any atom is 0.255 e. The van der Waals surface area contributed by atoms with Gasteiger partial charge in [-0.15, -0.1) is 0 Å². The summed E-state index contributed by atoms with van der Waals surface area (Å²) in [5.41, 5.74) is 1.68. The van der Waals surface area contributed by atoms with Crippen LogP contribution in [0.4, 0.5) is 0 Å². The van der Waals surface area contributed by atoms with Gasteiger partial charge in [-0.2, -0.15) is 11.8 Å². The SMILES string of the molecule is CSCC[C@@H](C(=O)NCc1ccco1)N1Cc2ccccc2C1=O. The first kappa shape index (κ1) is 16.6. The van der Waals surface area contributed by atoms with E-state index in [1.807, 2.05) is 36.6 Å². The lowest BCUT2D eigenvalue weighted by atomic mass is 10.1. The summed E-state index contributed by atoms with van der Waals surface area (Å²) >= 11 is 1.67. The second-order valence-corrected chi connectivity index (χ2v) is 6.67. The Morgan fingerprint density at radius 1 is 1.33 bits per heavy atom. The topological polar surface area (TPSA) is 62.6 Å². The molecule has 0 saturated heterocycles. The predicted octanol–water partition coefficient (Wildman–Crippen LogP) is 2.67. The Balaban J connectivity index is 1.72. The second-order valence-electron chi connectivity index (χ2n) is 5.68. The van der Waals surface area contributed by atoms with Gasteiger partial charge in [-0.05, 0) is 42.2 Å². The van der Waals surface area contributed by atoms with E-state index >= 15 is 0 Å². The normalized spacial score (nSPS) is 14.5. The van der Waals surface area contributed by atoms with Gasteiger partial charge in [0.05, 0.1) is 12.8 Å². The van der Waals surface area contributed by atoms with Gasteiger partial charge < -0.3 is 14.6 Å². The Morgan fingerprint density at radius 3 is 2.88 bits per heavy atom. The van der Waals surface area contributed by atoms with Crippen LogP contribution in [0.2, 0.25) is 0 Å². The standard InChI is InChI=1S/C18H20N2O3S/c1-24-10-8-16(17(21)19-11-14-6-4-9-23-14)20-12-13-5-2-3-7-15(13)18(20)22/h2-7,9,16H,8,10-12H2,1H3,(H,19,21)/t16-/m0/s1. The molecule has 1 aromatic carbocycles. The Morgan fingerprint density at radius 2 is 2.17 bits per heavy atom. The fraction of sp³-hybridized carbons (Fsp3) is 0.333. The second kappa shape index (κ2) is 7.57. The Labute approximate surface area is 145 Å². The number of furan rings is 1. The lowest BCUT2D eigenvalue weighted by Gasteiger charge is -2.26. The number of hydrogen-bond acceptors (Lipinski definition) is 4. The van der Waals surface area contributed by atoms with Crippen molar-refractivity contribution in [1.29, 1.82) is 0 Å². The summed E-state index contributed by atoms with van der Waals surface area (Å²) in [6, 6.07) is 10.7. The van der Waals surface area contributed by atoms with Crippen LogP contribution in [0, 0.1) is 0 Å². The van der Waals surface area contributed by atoms with Gasteiger partial charge in [0.2, 0.25) is 5.91 Å². The summed E-state index contributed by atoms with van der Waals surface area (Å²) in [5.74, 6) is 1.31. The number of carbonyl (C=O) groups is 2. The van der Waals surface area contributed by atoms with Crippen LogP contribution in [0.15, 0.2) is 47.1 Å². The average molecular weight is 344 g/mol. The summed E-state index contributed by atoms with van der Waals surface area (Å²) in [4.78, 5) is 27.0. The fourth-order valence-electron chi connectivity index (χ4n) is 2.89. The molecular formula is C18H20N2O3S. The zero-order chi connectivity index (χ0) is 16.9. The number of benzene rings is 1. The molecule has 6 heteroatoms. The molecule has 2 aromatic rings. The fourth-order valence-corrected chi connectivity index (χ4v) is 3.35. The highest BCUT2D eigenvalue weighted by molar-refractivity contribution is 7.98. The number of nitrogens with zero attached hydrogens (tertiary/aromatic N) is 1. The van der Waals surface area contributed by atoms with E-state index in [9.17, 15) is 9.59 Å². The molecule has 5 nitrogen and oxygen atoms in total. The first-order valence-corrected chi connectivity index (χ1v) is 9.28. The number of hydrogen-bond donors (Lipinski definition) is 1. The molecule has 1 N–H and O–H groups in total. The van der Waals surface area contributed by atoms with E-state index in [0.29, 0.717) is 30.8 Å². The molecule has 0 saturated carbocycles. The van der Waals surface area contributed by atoms with E-state index in [-0.39, 0.29) is 11.8 Å². The first-order valence-electron chi connectivity index (χ1n) is 7.88. The molecule has 24 heavy (non-hydrogen) atoms. The van der Waals surface area contributed by atoms with E-state index in [1.54, 1.807) is 29.0 Å². The van der Waals surface area contributed by atoms with Gasteiger partial charge in [0.25, 0.3) is 5.91 Å². The average Bonchev–Trinajstić information content (AvgIpc) is 3.22. The van der Waals surface area contributed by atoms with Crippen LogP contribution in [0.25, 0.3) is 0 Å². The molecule has 1 aromatic heterocycles. The summed E-state index contributed by atoms with van der Waals surface area (Å²) in [6.45, 7) is 0.818. The van der Waals surface area contributed by atoms with Gasteiger partial charge in [-0.3, -0.25) is 9.59 Å². The molecule has 126 valence electrons. The van der Waals surface area contributed by atoms with Crippen molar-refractivity contribution < 1.29 is 14.0 Å². The van der Waals surface area contributed by atoms with Crippen molar-refractivity contribution >= 4 is 23.6 Å². The quantitative estimate of drug-likeness (QED) is 0.839. The van der Waals surface area contributed by atoms with Crippen LogP contribution in [-0.4, -0.2) is 34.8 Å². The Bertz CT molecular complexity index is 715. The predicted molar refractivity (Wildman–Crippen MR) is 93.7 cm³/mol. The maximum absolute atomic E-state index is 12.7. The van der Waals surface area contributed by atoms with Crippen molar-refractivity contribution in [3.05, 3.63) is 59.5 Å². The molecule has 0 spiro atoms. The maximum atomic E-state index is 12.7. The largest absolute Gasteiger partial charge is 0.467 e. The van der Waals surface area contributed by atoms with Crippen molar-refractivity contribution in [3.63, 3.8) is 0 Å². The highest BCUT2D eigenvalue weighted by Gasteiger charge is 2.35. The van der Waals surface area contributed by atoms with Crippen LogP contribution >= 0.6 is 11.8 Å². The van der Waals surface area contributed by atoms with Gasteiger partial charge in [0, 0.05) is 12.1 Å². The van der Waals surface area contributed by atoms with E-state index < -0.39 is 6.04 Å². The third kappa shape index (κ3) is 3.48. The lowest BCUT2D eigenvalue weighted by Crippen LogP contribution is -2.47. The number of rotatable bonds is 7. The molecule has 0 bridgehead atoms. The van der Waals surface area contributed by atoms with Crippen LogP contribution in [0.1, 0.15) is 28.1 Å². The molecule has 2 amide bonds. The molecule has 3 rings (SSSR count). The molecule has 0 fully saturated rings. The monoisotopic (exact) mass is 344 g/mol. The summed E-state index contributed by atoms with van der Waals surface area (Å²) in [5, 5.41) is 2.88. The van der Waals surface area contributed by atoms with Gasteiger partial charge in [0.15, 0.2) is 0 Å². The van der Waals surface area contributed by atoms with Crippen molar-refractivity contribution in [2.24, 2.45) is 0 Å². The molecule has 2 heterocycles. The zero-order valence-corrected chi connectivity index (χ0v) is 14.3. The first-order chi connectivity index (χ1) is 11.7. The highest BCUT2D eigenvalue weighted by Crippen LogP contribution is 2.26. The van der Waals surface area contributed by atoms with Crippen molar-refractivity contribution in [1.82, 2.24) is 10.2 Å². The lowest BCUT2D eigenvalue weighted by molar-refractivity contribution is -0.126. The van der Waals surface area contributed by atoms with Crippen LogP contribution in [-0.2, 0) is 17.9 Å². The molecule has 1 aliphatic rings. The van der Waals surface area contributed by atoms with Crippen LogP contribution in [0.3, 0.4) is 0 Å². The van der Waals surface area contributed by atoms with E-state index in [1.165, 1.54) is 0 Å². The number of amides is 2. The van der Waals surface area contributed by atoms with Crippen molar-refractivity contribution in [2.45, 2.75) is 25.6 Å². The van der Waals surface area contributed by atoms with E-state index in [4.69, 9.17) is 4.42 Å². The van der Waals surface area contributed by atoms with Gasteiger partial charge >= 0.3 is 0 Å². The minimum atomic E-state index is -0.465. The van der Waals surface area contributed by atoms with Crippen molar-refractivity contribution in [3.8, 4) is 0 Å². The van der Waals surface area contributed by atoms with Crippen LogP contribution < -0.4 is 5.32 Å². The zero-order valence-electron chi connectivity index (χ0n) is 13.5. The molecular weight excluding hydrogens is 324 g/mol. The molecule has 1 atom stereocenters. The van der Waals surface area contributed by atoms with Gasteiger partial charge in [0.1, 0.15) is 11.8 Å². The number of nitrogens with one attached hydrogen (secondary N) is 1. The van der Waals surface area contributed by atoms with Gasteiger partial charge in [-0.25, -0.2) is 0 Å². The van der Waals surface area contributed by atoms with Crippen LogP contribution in [0.5, 0.6) is 0 Å². The Hall–Kier alpha value is -2.21. The molecule has 0 aliphatic carbocycles. The number of carbonyl (C=O) groups excluding carboxylic acids is 2. The van der Waals surface area contributed by atoms with E-state index in [0.717, 1.165) is 11.3 Å². The summed E-state index contributed by atoms with van der Waals surface area (Å²) in [6.07, 6.45) is 4.20. The minimum absolute atomic E-state index is 0.0650. The summed E-state index contributed by atoms with van der Waals surface area (Å²) < 4.78 is 5.24. The van der Waals surface area contributed by atoms with Crippen molar-refractivity contribution in [2.75, 3.05) is 12.0 Å². The minimum Gasteiger partial charge on any atom is -0.467 e. The summed E-state index contributed by atoms with van der Waals surface area (Å²) in [7, 11) is 0. The molecule has 0 radical (unpaired) electrons. The third-order valence-electron chi connectivity index (χ3n) is 4.14. The third-order valence-corrected chi connectivity index (χ3v) is 4.78. The van der Waals surface area contributed by atoms with Gasteiger partial charge in [-0.1, -0.05) is 18.2 Å². The molecule has 0 unspecified atom stereocenters. The number of thioether (sulfide) groups is 1. The van der Waals surface area contributed by atoms with E-state index in [2.05, 4.69) is 5.32 Å². The number of fused-ring (bicyclic) bond motifs is 1. The smallest absolute Gasteiger partial charge is 0.255 e. The molecule has 1 aliphatic heterocycles. The Kier molecular flexibility index (Phi) is 5.25. The highest BCUT2D eigenvalue weighted by atomic mass is 32.2.